The molecule has 0 fully saturated rings. The number of hydrogen-bond acceptors (Lipinski definition) is 2. The van der Waals surface area contributed by atoms with Gasteiger partial charge in [0.15, 0.2) is 0 Å². The molecule has 0 saturated heterocycles. The highest BCUT2D eigenvalue weighted by Crippen LogP contribution is 2.23. The quantitative estimate of drug-likeness (QED) is 0.582. The Hall–Kier alpha value is -1.70. The normalized spacial score (nSPS) is 15.1. The lowest BCUT2D eigenvalue weighted by Crippen LogP contribution is -2.21. The molecule has 1 aromatic rings. The molecule has 2 rings (SSSR count). The molecule has 70 valence electrons. The van der Waals surface area contributed by atoms with Crippen LogP contribution in [0.4, 0.5) is 0 Å². The van der Waals surface area contributed by atoms with Crippen LogP contribution in [0.2, 0.25) is 0 Å². The van der Waals surface area contributed by atoms with Crippen LogP contribution in [0.25, 0.3) is 6.08 Å². The van der Waals surface area contributed by atoms with Gasteiger partial charge in [0, 0.05) is 11.1 Å². The topological polar surface area (TPSA) is 34.1 Å². The highest BCUT2D eigenvalue weighted by Gasteiger charge is 2.25. The minimum atomic E-state index is -0.383. The average molecular weight is 186 g/mol. The minimum Gasteiger partial charge on any atom is -0.285 e. The third kappa shape index (κ3) is 1.11. The van der Waals surface area contributed by atoms with Crippen molar-refractivity contribution >= 4 is 17.6 Å². The molecule has 0 bridgehead atoms. The molecule has 0 saturated carbocycles. The number of carbonyl (C=O) groups excluding carboxylic acids is 2. The van der Waals surface area contributed by atoms with Crippen LogP contribution in [0.5, 0.6) is 0 Å². The summed E-state index contributed by atoms with van der Waals surface area (Å²) in [6.07, 6.45) is 1.77. The van der Waals surface area contributed by atoms with Crippen molar-refractivity contribution in [2.45, 2.75) is 13.8 Å². The first kappa shape index (κ1) is 8.88. The number of fused-ring (bicyclic) bond motifs is 1. The van der Waals surface area contributed by atoms with E-state index in [0.29, 0.717) is 11.1 Å². The maximum absolute atomic E-state index is 11.7. The van der Waals surface area contributed by atoms with Crippen LogP contribution in [0.1, 0.15) is 28.4 Å². The lowest BCUT2D eigenvalue weighted by molar-refractivity contribution is -0.111. The van der Waals surface area contributed by atoms with Crippen LogP contribution in [-0.4, -0.2) is 11.6 Å². The number of aryl methyl sites for hydroxylation is 1. The fraction of sp³-hybridized carbons (Fsp3) is 0.167. The highest BCUT2D eigenvalue weighted by molar-refractivity contribution is 6.51. The smallest absolute Gasteiger partial charge is 0.234 e. The maximum atomic E-state index is 11.7. The zero-order valence-electron chi connectivity index (χ0n) is 8.13. The summed E-state index contributed by atoms with van der Waals surface area (Å²) in [6.45, 7) is 3.52. The summed E-state index contributed by atoms with van der Waals surface area (Å²) in [5.41, 5.74) is 2.80. The summed E-state index contributed by atoms with van der Waals surface area (Å²) in [4.78, 5) is 23.1. The average Bonchev–Trinajstić information content (AvgIpc) is 2.14. The van der Waals surface area contributed by atoms with E-state index in [9.17, 15) is 9.59 Å². The fourth-order valence-corrected chi connectivity index (χ4v) is 1.71. The highest BCUT2D eigenvalue weighted by atomic mass is 16.2. The molecule has 0 aliphatic heterocycles. The molecule has 0 atom stereocenters. The fourth-order valence-electron chi connectivity index (χ4n) is 1.71. The van der Waals surface area contributed by atoms with Crippen LogP contribution in [0.15, 0.2) is 23.8 Å². The zero-order chi connectivity index (χ0) is 10.3. The molecule has 1 aliphatic rings. The largest absolute Gasteiger partial charge is 0.285 e. The summed E-state index contributed by atoms with van der Waals surface area (Å²) in [7, 11) is 0. The molecule has 0 N–H and O–H groups in total. The van der Waals surface area contributed by atoms with E-state index >= 15 is 0 Å². The van der Waals surface area contributed by atoms with Crippen LogP contribution in [0, 0.1) is 6.92 Å². The molecule has 1 aliphatic carbocycles. The van der Waals surface area contributed by atoms with Gasteiger partial charge < -0.3 is 0 Å². The SMILES string of the molecule is CC1=Cc2cccc(C)c2C(=O)C1=O. The van der Waals surface area contributed by atoms with Crippen LogP contribution >= 0.6 is 0 Å². The standard InChI is InChI=1S/C12H10O2/c1-7-4-3-5-9-6-8(2)11(13)12(14)10(7)9/h3-6H,1-2H3. The van der Waals surface area contributed by atoms with Crippen molar-refractivity contribution in [2.75, 3.05) is 0 Å². The van der Waals surface area contributed by atoms with Gasteiger partial charge in [-0.15, -0.1) is 0 Å². The Labute approximate surface area is 82.2 Å². The first-order valence-corrected chi connectivity index (χ1v) is 4.48. The molecule has 14 heavy (non-hydrogen) atoms. The first-order chi connectivity index (χ1) is 6.61. The van der Waals surface area contributed by atoms with E-state index in [1.54, 1.807) is 13.0 Å². The van der Waals surface area contributed by atoms with Gasteiger partial charge in [0.2, 0.25) is 11.6 Å². The third-order valence-corrected chi connectivity index (χ3v) is 2.47. The number of Topliss-reactive ketones (excluding diaryl/α,β-unsaturated/α-hetero) is 2. The number of hydrogen-bond donors (Lipinski definition) is 0. The van der Waals surface area contributed by atoms with E-state index in [0.717, 1.165) is 11.1 Å². The van der Waals surface area contributed by atoms with Gasteiger partial charge in [-0.25, -0.2) is 0 Å². The molecule has 0 unspecified atom stereocenters. The summed E-state index contributed by atoms with van der Waals surface area (Å²) >= 11 is 0. The van der Waals surface area contributed by atoms with E-state index in [-0.39, 0.29) is 11.6 Å². The van der Waals surface area contributed by atoms with Crippen molar-refractivity contribution in [2.24, 2.45) is 0 Å². The van der Waals surface area contributed by atoms with Gasteiger partial charge in [0.1, 0.15) is 0 Å². The Bertz CT molecular complexity index is 467. The maximum Gasteiger partial charge on any atom is 0.234 e. The van der Waals surface area contributed by atoms with Gasteiger partial charge in [-0.3, -0.25) is 9.59 Å². The Morgan fingerprint density at radius 2 is 1.71 bits per heavy atom. The molecule has 0 spiro atoms. The molecule has 0 amide bonds. The number of ketones is 2. The van der Waals surface area contributed by atoms with Crippen LogP contribution < -0.4 is 0 Å². The third-order valence-electron chi connectivity index (χ3n) is 2.47. The summed E-state index contributed by atoms with van der Waals surface area (Å²) in [5.74, 6) is -0.759. The van der Waals surface area contributed by atoms with Crippen LogP contribution in [-0.2, 0) is 4.79 Å². The van der Waals surface area contributed by atoms with Crippen molar-refractivity contribution in [1.29, 1.82) is 0 Å². The van der Waals surface area contributed by atoms with E-state index in [1.807, 2.05) is 25.1 Å². The molecule has 1 aromatic carbocycles. The predicted octanol–water partition coefficient (Wildman–Crippen LogP) is 2.16. The predicted molar refractivity (Wildman–Crippen MR) is 54.2 cm³/mol. The molecular weight excluding hydrogens is 176 g/mol. The zero-order valence-corrected chi connectivity index (χ0v) is 8.13. The molecule has 0 aromatic heterocycles. The van der Waals surface area contributed by atoms with Gasteiger partial charge in [-0.05, 0) is 31.1 Å². The van der Waals surface area contributed by atoms with E-state index in [2.05, 4.69) is 0 Å². The van der Waals surface area contributed by atoms with Crippen molar-refractivity contribution in [3.05, 3.63) is 40.5 Å². The van der Waals surface area contributed by atoms with Crippen molar-refractivity contribution in [3.63, 3.8) is 0 Å². The summed E-state index contributed by atoms with van der Waals surface area (Å²) in [5, 5.41) is 0. The lowest BCUT2D eigenvalue weighted by atomic mass is 9.88. The molecule has 2 nitrogen and oxygen atoms in total. The lowest BCUT2D eigenvalue weighted by Gasteiger charge is -2.13. The number of rotatable bonds is 0. The second-order valence-electron chi connectivity index (χ2n) is 3.52. The Morgan fingerprint density at radius 3 is 2.43 bits per heavy atom. The molecule has 0 heterocycles. The summed E-state index contributed by atoms with van der Waals surface area (Å²) in [6, 6.07) is 5.59. The van der Waals surface area contributed by atoms with Crippen molar-refractivity contribution in [1.82, 2.24) is 0 Å². The number of carbonyl (C=O) groups is 2. The first-order valence-electron chi connectivity index (χ1n) is 4.48. The van der Waals surface area contributed by atoms with E-state index in [1.165, 1.54) is 0 Å². The Balaban J connectivity index is 2.76. The number of benzene rings is 1. The van der Waals surface area contributed by atoms with Gasteiger partial charge in [0.05, 0.1) is 0 Å². The monoisotopic (exact) mass is 186 g/mol. The second kappa shape index (κ2) is 2.91. The second-order valence-corrected chi connectivity index (χ2v) is 3.52. The van der Waals surface area contributed by atoms with Crippen LogP contribution in [0.3, 0.4) is 0 Å². The van der Waals surface area contributed by atoms with Crippen molar-refractivity contribution < 1.29 is 9.59 Å². The van der Waals surface area contributed by atoms with Gasteiger partial charge in [0.25, 0.3) is 0 Å². The van der Waals surface area contributed by atoms with Gasteiger partial charge >= 0.3 is 0 Å². The summed E-state index contributed by atoms with van der Waals surface area (Å²) < 4.78 is 0. The van der Waals surface area contributed by atoms with E-state index in [4.69, 9.17) is 0 Å². The molecular formula is C12H10O2. The molecule has 0 radical (unpaired) electrons. The molecule has 2 heteroatoms. The Kier molecular flexibility index (Phi) is 1.84. The van der Waals surface area contributed by atoms with Crippen molar-refractivity contribution in [3.8, 4) is 0 Å². The van der Waals surface area contributed by atoms with E-state index < -0.39 is 0 Å². The Morgan fingerprint density at radius 1 is 1.00 bits per heavy atom. The number of allylic oxidation sites excluding steroid dienone is 1. The van der Waals surface area contributed by atoms with Gasteiger partial charge in [-0.2, -0.15) is 0 Å². The van der Waals surface area contributed by atoms with Gasteiger partial charge in [-0.1, -0.05) is 18.2 Å². The minimum absolute atomic E-state index is 0.377.